The second-order valence-electron chi connectivity index (χ2n) is 5.19. The van der Waals surface area contributed by atoms with Gasteiger partial charge in [-0.3, -0.25) is 0 Å². The third-order valence-electron chi connectivity index (χ3n) is 3.86. The number of benzene rings is 1. The van der Waals surface area contributed by atoms with Crippen LogP contribution >= 0.6 is 27.5 Å². The zero-order valence-electron chi connectivity index (χ0n) is 12.0. The molecular formula is C16H17BrClN3O. The number of carbonyl (C=O) groups is 1. The lowest BCUT2D eigenvalue weighted by molar-refractivity contribution is 0.169. The van der Waals surface area contributed by atoms with Crippen molar-refractivity contribution < 1.29 is 4.79 Å². The number of alkyl halides is 1. The van der Waals surface area contributed by atoms with Crippen molar-refractivity contribution in [2.75, 3.05) is 19.0 Å². The summed E-state index contributed by atoms with van der Waals surface area (Å²) in [6.07, 6.45) is 2.06. The van der Waals surface area contributed by atoms with Crippen molar-refractivity contribution in [3.63, 3.8) is 0 Å². The lowest BCUT2D eigenvalue weighted by Crippen LogP contribution is -2.47. The minimum atomic E-state index is -0.0767. The van der Waals surface area contributed by atoms with E-state index in [0.717, 1.165) is 22.3 Å². The van der Waals surface area contributed by atoms with Gasteiger partial charge in [0.15, 0.2) is 0 Å². The Kier molecular flexibility index (Phi) is 4.74. The fourth-order valence-electron chi connectivity index (χ4n) is 2.85. The van der Waals surface area contributed by atoms with Gasteiger partial charge in [-0.25, -0.2) is 4.79 Å². The molecule has 0 saturated carbocycles. The number of fused-ring (bicyclic) bond motifs is 1. The van der Waals surface area contributed by atoms with E-state index >= 15 is 0 Å². The summed E-state index contributed by atoms with van der Waals surface area (Å²) in [5.41, 5.74) is 2.23. The van der Waals surface area contributed by atoms with E-state index in [4.69, 9.17) is 11.6 Å². The summed E-state index contributed by atoms with van der Waals surface area (Å²) in [6.45, 7) is 1.96. The molecule has 0 saturated heterocycles. The Labute approximate surface area is 143 Å². The van der Waals surface area contributed by atoms with Crippen molar-refractivity contribution in [3.05, 3.63) is 58.3 Å². The van der Waals surface area contributed by atoms with Crippen molar-refractivity contribution in [1.29, 1.82) is 0 Å². The van der Waals surface area contributed by atoms with E-state index in [9.17, 15) is 4.79 Å². The van der Waals surface area contributed by atoms with Crippen LogP contribution in [0.3, 0.4) is 0 Å². The third-order valence-corrected chi connectivity index (χ3v) is 4.57. The van der Waals surface area contributed by atoms with Crippen LogP contribution in [-0.2, 0) is 6.54 Å². The van der Waals surface area contributed by atoms with E-state index in [1.165, 1.54) is 0 Å². The Morgan fingerprint density at radius 1 is 1.27 bits per heavy atom. The maximum Gasteiger partial charge on any atom is 0.318 e. The highest BCUT2D eigenvalue weighted by atomic mass is 79.9. The Balaban J connectivity index is 1.95. The quantitative estimate of drug-likeness (QED) is 0.809. The third kappa shape index (κ3) is 3.01. The number of halogens is 2. The predicted molar refractivity (Wildman–Crippen MR) is 91.2 cm³/mol. The Bertz CT molecular complexity index is 656. The maximum absolute atomic E-state index is 12.5. The smallest absolute Gasteiger partial charge is 0.318 e. The number of carbonyl (C=O) groups excluding carboxylic acids is 1. The topological polar surface area (TPSA) is 37.3 Å². The predicted octanol–water partition coefficient (Wildman–Crippen LogP) is 3.60. The second kappa shape index (κ2) is 6.75. The first-order valence-electron chi connectivity index (χ1n) is 7.21. The van der Waals surface area contributed by atoms with Gasteiger partial charge in [0.1, 0.15) is 0 Å². The second-order valence-corrected chi connectivity index (χ2v) is 6.49. The lowest BCUT2D eigenvalue weighted by atomic mass is 10.0. The van der Waals surface area contributed by atoms with Crippen LogP contribution in [0, 0.1) is 0 Å². The maximum atomic E-state index is 12.5. The first kappa shape index (κ1) is 15.4. The van der Waals surface area contributed by atoms with Gasteiger partial charge in [0, 0.05) is 41.9 Å². The average Bonchev–Trinajstić information content (AvgIpc) is 3.01. The van der Waals surface area contributed by atoms with E-state index < -0.39 is 0 Å². The van der Waals surface area contributed by atoms with Crippen LogP contribution in [0.1, 0.15) is 17.3 Å². The summed E-state index contributed by atoms with van der Waals surface area (Å²) >= 11 is 9.14. The monoisotopic (exact) mass is 381 g/mol. The summed E-state index contributed by atoms with van der Waals surface area (Å²) in [6, 6.07) is 12.1. The summed E-state index contributed by atoms with van der Waals surface area (Å²) in [5, 5.41) is 2.87. The van der Waals surface area contributed by atoms with Gasteiger partial charge in [-0.05, 0) is 29.8 Å². The summed E-state index contributed by atoms with van der Waals surface area (Å²) in [5.74, 6) is 0.416. The molecule has 0 bridgehead atoms. The Morgan fingerprint density at radius 2 is 2.05 bits per heavy atom. The molecule has 1 aliphatic heterocycles. The molecule has 116 valence electrons. The number of hydrogen-bond acceptors (Lipinski definition) is 1. The molecule has 0 radical (unpaired) electrons. The van der Waals surface area contributed by atoms with Gasteiger partial charge in [0.05, 0.1) is 6.04 Å². The highest BCUT2D eigenvalue weighted by molar-refractivity contribution is 9.10. The minimum absolute atomic E-state index is 0.0685. The molecule has 2 aromatic rings. The van der Waals surface area contributed by atoms with Crippen LogP contribution in [-0.4, -0.2) is 34.5 Å². The molecule has 0 spiro atoms. The molecule has 1 aromatic carbocycles. The molecule has 1 atom stereocenters. The molecule has 1 N–H and O–H groups in total. The SMILES string of the molecule is O=C(NCCCl)N1CCn2cccc2[C@@H]1c1ccc(Br)cc1. The molecule has 1 aliphatic rings. The zero-order valence-corrected chi connectivity index (χ0v) is 14.3. The molecule has 0 fully saturated rings. The summed E-state index contributed by atoms with van der Waals surface area (Å²) in [4.78, 5) is 14.4. The number of hydrogen-bond donors (Lipinski definition) is 1. The first-order valence-corrected chi connectivity index (χ1v) is 8.54. The number of nitrogens with zero attached hydrogens (tertiary/aromatic N) is 2. The fraction of sp³-hybridized carbons (Fsp3) is 0.312. The van der Waals surface area contributed by atoms with Crippen LogP contribution in [0.25, 0.3) is 0 Å². The van der Waals surface area contributed by atoms with E-state index in [0.29, 0.717) is 19.0 Å². The van der Waals surface area contributed by atoms with Crippen LogP contribution in [0.2, 0.25) is 0 Å². The molecule has 4 nitrogen and oxygen atoms in total. The van der Waals surface area contributed by atoms with Crippen molar-refractivity contribution in [3.8, 4) is 0 Å². The van der Waals surface area contributed by atoms with E-state index in [2.05, 4.69) is 50.2 Å². The number of rotatable bonds is 3. The number of aromatic nitrogens is 1. The zero-order chi connectivity index (χ0) is 15.5. The van der Waals surface area contributed by atoms with Crippen molar-refractivity contribution in [2.45, 2.75) is 12.6 Å². The lowest BCUT2D eigenvalue weighted by Gasteiger charge is -2.37. The van der Waals surface area contributed by atoms with E-state index in [1.807, 2.05) is 23.1 Å². The van der Waals surface area contributed by atoms with Crippen LogP contribution in [0.5, 0.6) is 0 Å². The molecule has 1 aromatic heterocycles. The molecule has 22 heavy (non-hydrogen) atoms. The Hall–Kier alpha value is -1.46. The van der Waals surface area contributed by atoms with Gasteiger partial charge in [-0.1, -0.05) is 28.1 Å². The highest BCUT2D eigenvalue weighted by Gasteiger charge is 2.31. The summed E-state index contributed by atoms with van der Waals surface area (Å²) in [7, 11) is 0. The van der Waals surface area contributed by atoms with Crippen LogP contribution in [0.15, 0.2) is 47.1 Å². The van der Waals surface area contributed by atoms with E-state index in [1.54, 1.807) is 0 Å². The van der Waals surface area contributed by atoms with Gasteiger partial charge >= 0.3 is 6.03 Å². The number of nitrogens with one attached hydrogen (secondary N) is 1. The number of amides is 2. The largest absolute Gasteiger partial charge is 0.348 e. The van der Waals surface area contributed by atoms with Gasteiger partial charge in [-0.15, -0.1) is 11.6 Å². The van der Waals surface area contributed by atoms with E-state index in [-0.39, 0.29) is 12.1 Å². The fourth-order valence-corrected chi connectivity index (χ4v) is 3.21. The molecule has 6 heteroatoms. The van der Waals surface area contributed by atoms with Crippen LogP contribution in [0.4, 0.5) is 4.79 Å². The Morgan fingerprint density at radius 3 is 2.77 bits per heavy atom. The average molecular weight is 383 g/mol. The normalized spacial score (nSPS) is 17.2. The minimum Gasteiger partial charge on any atom is -0.348 e. The van der Waals surface area contributed by atoms with Crippen LogP contribution < -0.4 is 5.32 Å². The van der Waals surface area contributed by atoms with Gasteiger partial charge in [0.25, 0.3) is 0 Å². The summed E-state index contributed by atoms with van der Waals surface area (Å²) < 4.78 is 3.23. The number of urea groups is 1. The first-order chi connectivity index (χ1) is 10.7. The van der Waals surface area contributed by atoms with Crippen molar-refractivity contribution >= 4 is 33.6 Å². The van der Waals surface area contributed by atoms with Crippen molar-refractivity contribution in [2.24, 2.45) is 0 Å². The van der Waals surface area contributed by atoms with Gasteiger partial charge in [-0.2, -0.15) is 0 Å². The van der Waals surface area contributed by atoms with Gasteiger partial charge in [0.2, 0.25) is 0 Å². The van der Waals surface area contributed by atoms with Gasteiger partial charge < -0.3 is 14.8 Å². The standard InChI is InChI=1S/C16H17BrClN3O/c17-13-5-3-12(4-6-13)15-14-2-1-9-20(14)10-11-21(15)16(22)19-8-7-18/h1-6,9,15H,7-8,10-11H2,(H,19,22)/t15-/m0/s1. The molecule has 2 amide bonds. The molecule has 2 heterocycles. The highest BCUT2D eigenvalue weighted by Crippen LogP contribution is 2.32. The molecule has 0 unspecified atom stereocenters. The molecular weight excluding hydrogens is 366 g/mol. The molecule has 3 rings (SSSR count). The molecule has 0 aliphatic carbocycles. The van der Waals surface area contributed by atoms with Crippen molar-refractivity contribution in [1.82, 2.24) is 14.8 Å².